The Balaban J connectivity index is 2.02. The van der Waals surface area contributed by atoms with Gasteiger partial charge in [-0.25, -0.2) is 9.78 Å². The van der Waals surface area contributed by atoms with Crippen LogP contribution in [-0.2, 0) is 4.74 Å². The predicted molar refractivity (Wildman–Crippen MR) is 94.5 cm³/mol. The van der Waals surface area contributed by atoms with Crippen molar-refractivity contribution >= 4 is 11.7 Å². The normalized spacial score (nSPS) is 15.4. The average Bonchev–Trinajstić information content (AvgIpc) is 2.98. The molecule has 1 fully saturated rings. The van der Waals surface area contributed by atoms with Crippen molar-refractivity contribution in [1.82, 2.24) is 9.55 Å². The molecule has 1 aromatic carbocycles. The minimum Gasteiger partial charge on any atom is -0.462 e. The van der Waals surface area contributed by atoms with Gasteiger partial charge in [0, 0.05) is 12.1 Å². The molecule has 0 bridgehead atoms. The monoisotopic (exact) mass is 327 g/mol. The van der Waals surface area contributed by atoms with E-state index in [0.29, 0.717) is 23.8 Å². The molecule has 0 aliphatic heterocycles. The van der Waals surface area contributed by atoms with Crippen molar-refractivity contribution in [3.05, 3.63) is 41.5 Å². The number of hydrogen-bond donors (Lipinski definition) is 1. The maximum absolute atomic E-state index is 12.0. The third-order valence-corrected chi connectivity index (χ3v) is 4.63. The fourth-order valence-corrected chi connectivity index (χ4v) is 3.45. The van der Waals surface area contributed by atoms with E-state index >= 15 is 0 Å². The van der Waals surface area contributed by atoms with Crippen LogP contribution in [0.5, 0.6) is 0 Å². The largest absolute Gasteiger partial charge is 0.462 e. The van der Waals surface area contributed by atoms with Crippen molar-refractivity contribution in [2.75, 3.05) is 12.3 Å². The first kappa shape index (κ1) is 16.6. The van der Waals surface area contributed by atoms with Crippen molar-refractivity contribution in [3.63, 3.8) is 0 Å². The Labute approximate surface area is 142 Å². The van der Waals surface area contributed by atoms with Crippen molar-refractivity contribution < 1.29 is 9.53 Å². The van der Waals surface area contributed by atoms with Gasteiger partial charge in [0.1, 0.15) is 5.82 Å². The smallest absolute Gasteiger partial charge is 0.338 e. The molecule has 0 amide bonds. The number of imidazole rings is 1. The highest BCUT2D eigenvalue weighted by Crippen LogP contribution is 2.34. The van der Waals surface area contributed by atoms with Gasteiger partial charge < -0.3 is 15.0 Å². The van der Waals surface area contributed by atoms with E-state index in [1.54, 1.807) is 25.1 Å². The van der Waals surface area contributed by atoms with Crippen molar-refractivity contribution in [1.29, 1.82) is 0 Å². The number of nitrogens with zero attached hydrogens (tertiary/aromatic N) is 2. The van der Waals surface area contributed by atoms with Gasteiger partial charge in [-0.3, -0.25) is 0 Å². The van der Waals surface area contributed by atoms with Crippen LogP contribution in [0.1, 0.15) is 66.8 Å². The molecule has 128 valence electrons. The van der Waals surface area contributed by atoms with Gasteiger partial charge in [-0.15, -0.1) is 0 Å². The summed E-state index contributed by atoms with van der Waals surface area (Å²) >= 11 is 0. The predicted octanol–water partition coefficient (Wildman–Crippen LogP) is 3.99. The first-order valence-corrected chi connectivity index (χ1v) is 8.73. The molecule has 0 spiro atoms. The number of ether oxygens (including phenoxy) is 1. The van der Waals surface area contributed by atoms with Gasteiger partial charge in [0.2, 0.25) is 0 Å². The van der Waals surface area contributed by atoms with E-state index in [1.165, 1.54) is 19.3 Å². The van der Waals surface area contributed by atoms with Gasteiger partial charge in [-0.05, 0) is 44.9 Å². The van der Waals surface area contributed by atoms with E-state index in [1.807, 2.05) is 13.1 Å². The summed E-state index contributed by atoms with van der Waals surface area (Å²) in [5, 5.41) is 0. The zero-order valence-corrected chi connectivity index (χ0v) is 14.4. The average molecular weight is 327 g/mol. The second-order valence-electron chi connectivity index (χ2n) is 6.44. The van der Waals surface area contributed by atoms with Crippen LogP contribution in [0.25, 0.3) is 5.69 Å². The molecule has 1 saturated carbocycles. The zero-order chi connectivity index (χ0) is 17.1. The van der Waals surface area contributed by atoms with Crippen molar-refractivity contribution in [2.24, 2.45) is 0 Å². The Kier molecular flexibility index (Phi) is 4.88. The summed E-state index contributed by atoms with van der Waals surface area (Å²) in [6.07, 6.45) is 8.12. The Morgan fingerprint density at radius 3 is 2.79 bits per heavy atom. The van der Waals surface area contributed by atoms with Gasteiger partial charge in [0.15, 0.2) is 0 Å². The molecule has 5 heteroatoms. The highest BCUT2D eigenvalue weighted by Gasteiger charge is 2.22. The third kappa shape index (κ3) is 3.30. The minimum absolute atomic E-state index is 0.324. The molecule has 0 radical (unpaired) electrons. The summed E-state index contributed by atoms with van der Waals surface area (Å²) in [7, 11) is 0. The fourth-order valence-electron chi connectivity index (χ4n) is 3.45. The molecule has 1 heterocycles. The number of nitrogens with two attached hydrogens (primary N) is 1. The number of rotatable bonds is 4. The Morgan fingerprint density at radius 2 is 2.08 bits per heavy atom. The van der Waals surface area contributed by atoms with Gasteiger partial charge in [0.25, 0.3) is 0 Å². The number of carbonyl (C=O) groups excluding carboxylic acids is 1. The lowest BCUT2D eigenvalue weighted by atomic mass is 9.88. The van der Waals surface area contributed by atoms with Crippen molar-refractivity contribution in [2.45, 2.75) is 51.9 Å². The number of esters is 1. The molecule has 2 N–H and O–H groups in total. The van der Waals surface area contributed by atoms with Gasteiger partial charge in [0.05, 0.1) is 29.2 Å². The van der Waals surface area contributed by atoms with E-state index in [0.717, 1.165) is 30.0 Å². The first-order chi connectivity index (χ1) is 11.6. The fraction of sp³-hybridized carbons (Fsp3) is 0.474. The Morgan fingerprint density at radius 1 is 1.33 bits per heavy atom. The van der Waals surface area contributed by atoms with E-state index in [9.17, 15) is 4.79 Å². The highest BCUT2D eigenvalue weighted by atomic mass is 16.5. The van der Waals surface area contributed by atoms with Crippen LogP contribution < -0.4 is 5.73 Å². The second-order valence-corrected chi connectivity index (χ2v) is 6.44. The maximum Gasteiger partial charge on any atom is 0.338 e. The summed E-state index contributed by atoms with van der Waals surface area (Å²) in [4.78, 5) is 16.8. The van der Waals surface area contributed by atoms with Crippen LogP contribution >= 0.6 is 0 Å². The zero-order valence-electron chi connectivity index (χ0n) is 14.4. The van der Waals surface area contributed by atoms with Crippen LogP contribution in [0.3, 0.4) is 0 Å². The third-order valence-electron chi connectivity index (χ3n) is 4.63. The molecular weight excluding hydrogens is 302 g/mol. The molecule has 1 aromatic heterocycles. The summed E-state index contributed by atoms with van der Waals surface area (Å²) in [5.41, 5.74) is 9.13. The molecule has 1 aliphatic carbocycles. The Hall–Kier alpha value is -2.30. The molecule has 0 saturated heterocycles. The summed E-state index contributed by atoms with van der Waals surface area (Å²) in [5.74, 6) is 1.19. The van der Waals surface area contributed by atoms with Crippen LogP contribution in [0.4, 0.5) is 5.69 Å². The molecule has 24 heavy (non-hydrogen) atoms. The van der Waals surface area contributed by atoms with E-state index in [4.69, 9.17) is 15.5 Å². The number of anilines is 1. The number of benzene rings is 1. The topological polar surface area (TPSA) is 70.1 Å². The first-order valence-electron chi connectivity index (χ1n) is 8.73. The van der Waals surface area contributed by atoms with E-state index in [-0.39, 0.29) is 5.97 Å². The van der Waals surface area contributed by atoms with Gasteiger partial charge in [-0.2, -0.15) is 0 Å². The quantitative estimate of drug-likeness (QED) is 0.681. The number of hydrogen-bond acceptors (Lipinski definition) is 4. The van der Waals surface area contributed by atoms with Crippen LogP contribution in [-0.4, -0.2) is 22.1 Å². The molecule has 0 atom stereocenters. The highest BCUT2D eigenvalue weighted by molar-refractivity contribution is 5.91. The van der Waals surface area contributed by atoms with E-state index < -0.39 is 0 Å². The molecule has 0 unspecified atom stereocenters. The van der Waals surface area contributed by atoms with Gasteiger partial charge >= 0.3 is 5.97 Å². The standard InChI is InChI=1S/C19H25N3O2/c1-3-24-19(23)15-9-10-16(20)17(11-15)22-12-13(2)21-18(22)14-7-5-4-6-8-14/h9-12,14H,3-8,20H2,1-2H3. The number of nitrogen functional groups attached to an aromatic ring is 1. The Bertz CT molecular complexity index is 730. The maximum atomic E-state index is 12.0. The van der Waals surface area contributed by atoms with E-state index in [2.05, 4.69) is 4.57 Å². The lowest BCUT2D eigenvalue weighted by molar-refractivity contribution is 0.0526. The summed E-state index contributed by atoms with van der Waals surface area (Å²) in [6, 6.07) is 5.28. The van der Waals surface area contributed by atoms with Crippen LogP contribution in [0.2, 0.25) is 0 Å². The van der Waals surface area contributed by atoms with Gasteiger partial charge in [-0.1, -0.05) is 19.3 Å². The molecular formula is C19H25N3O2. The SMILES string of the molecule is CCOC(=O)c1ccc(N)c(-n2cc(C)nc2C2CCCCC2)c1. The molecule has 3 rings (SSSR count). The second kappa shape index (κ2) is 7.07. The molecule has 2 aromatic rings. The van der Waals surface area contributed by atoms with Crippen molar-refractivity contribution in [3.8, 4) is 5.69 Å². The number of carbonyl (C=O) groups is 1. The minimum atomic E-state index is -0.324. The number of aryl methyl sites for hydroxylation is 1. The summed E-state index contributed by atoms with van der Waals surface area (Å²) < 4.78 is 7.16. The van der Waals surface area contributed by atoms with Crippen LogP contribution in [0, 0.1) is 6.92 Å². The van der Waals surface area contributed by atoms with Crippen LogP contribution in [0.15, 0.2) is 24.4 Å². The molecule has 1 aliphatic rings. The lowest BCUT2D eigenvalue weighted by Crippen LogP contribution is -2.13. The summed E-state index contributed by atoms with van der Waals surface area (Å²) in [6.45, 7) is 4.15. The number of aromatic nitrogens is 2. The lowest BCUT2D eigenvalue weighted by Gasteiger charge is -2.22. The molecule has 5 nitrogen and oxygen atoms in total.